The van der Waals surface area contributed by atoms with Gasteiger partial charge in [0.25, 0.3) is 0 Å². The molecule has 5 heterocycles. The maximum Gasteiger partial charge on any atom is 0.229 e. The van der Waals surface area contributed by atoms with E-state index in [1.807, 2.05) is 67.5 Å². The van der Waals surface area contributed by atoms with E-state index in [4.69, 9.17) is 9.97 Å². The monoisotopic (exact) mass is 517 g/mol. The van der Waals surface area contributed by atoms with Gasteiger partial charge in [-0.15, -0.1) is 0 Å². The molecule has 0 radical (unpaired) electrons. The Balaban J connectivity index is 1.22. The fourth-order valence-corrected chi connectivity index (χ4v) is 5.02. The Morgan fingerprint density at radius 2 is 1.74 bits per heavy atom. The molecule has 0 N–H and O–H groups in total. The number of aromatic nitrogens is 6. The smallest absolute Gasteiger partial charge is 0.229 e. The van der Waals surface area contributed by atoms with Crippen LogP contribution < -0.4 is 4.90 Å². The number of amides is 1. The van der Waals surface area contributed by atoms with E-state index in [1.54, 1.807) is 34.0 Å². The molecule has 6 rings (SSSR count). The maximum absolute atomic E-state index is 13.1. The summed E-state index contributed by atoms with van der Waals surface area (Å²) in [5.74, 6) is 0.834. The number of hydrogen-bond donors (Lipinski definition) is 0. The third-order valence-electron chi connectivity index (χ3n) is 7.22. The van der Waals surface area contributed by atoms with Crippen LogP contribution in [0.5, 0.6) is 0 Å². The summed E-state index contributed by atoms with van der Waals surface area (Å²) >= 11 is 0. The number of fused-ring (bicyclic) bond motifs is 1. The van der Waals surface area contributed by atoms with Gasteiger partial charge in [-0.05, 0) is 24.6 Å². The minimum Gasteiger partial charge on any atom is -0.353 e. The average molecular weight is 518 g/mol. The molecular weight excluding hydrogens is 490 g/mol. The standard InChI is InChI=1S/C29H27N9O/c1-20(21-6-4-3-5-7-21)29(39)37-12-10-36(11-13-37)26-9-8-22(15-31-26)27-28-23(14-30)16-33-38(28)19-25(34-27)24-17-32-35(2)18-24/h3-9,15-20H,10-13H2,1-2H3/t20-/m0/s1. The molecule has 0 saturated carbocycles. The second-order valence-electron chi connectivity index (χ2n) is 9.69. The van der Waals surface area contributed by atoms with E-state index in [9.17, 15) is 10.1 Å². The molecule has 1 fully saturated rings. The van der Waals surface area contributed by atoms with Crippen LogP contribution in [0.2, 0.25) is 0 Å². The Labute approximate surface area is 225 Å². The molecule has 194 valence electrons. The van der Waals surface area contributed by atoms with E-state index >= 15 is 0 Å². The number of aryl methyl sites for hydroxylation is 1. The van der Waals surface area contributed by atoms with Gasteiger partial charge in [-0.3, -0.25) is 9.48 Å². The number of carbonyl (C=O) groups is 1. The Morgan fingerprint density at radius 1 is 0.949 bits per heavy atom. The fourth-order valence-electron chi connectivity index (χ4n) is 5.02. The largest absolute Gasteiger partial charge is 0.353 e. The Bertz CT molecular complexity index is 1670. The predicted molar refractivity (Wildman–Crippen MR) is 147 cm³/mol. The van der Waals surface area contributed by atoms with Crippen molar-refractivity contribution >= 4 is 17.2 Å². The highest BCUT2D eigenvalue weighted by Crippen LogP contribution is 2.29. The summed E-state index contributed by atoms with van der Waals surface area (Å²) in [4.78, 5) is 26.8. The van der Waals surface area contributed by atoms with Crippen LogP contribution in [0.3, 0.4) is 0 Å². The van der Waals surface area contributed by atoms with Crippen molar-refractivity contribution in [2.75, 3.05) is 31.1 Å². The molecule has 10 nitrogen and oxygen atoms in total. The zero-order chi connectivity index (χ0) is 26.9. The van der Waals surface area contributed by atoms with E-state index < -0.39 is 0 Å². The number of anilines is 1. The van der Waals surface area contributed by atoms with Gasteiger partial charge in [0.05, 0.1) is 35.9 Å². The molecule has 4 aromatic heterocycles. The van der Waals surface area contributed by atoms with Crippen molar-refractivity contribution in [3.05, 3.63) is 84.6 Å². The molecule has 1 aromatic carbocycles. The minimum atomic E-state index is -0.163. The zero-order valence-corrected chi connectivity index (χ0v) is 21.8. The summed E-state index contributed by atoms with van der Waals surface area (Å²) in [6.45, 7) is 4.68. The Kier molecular flexibility index (Phi) is 6.25. The van der Waals surface area contributed by atoms with E-state index in [0.29, 0.717) is 48.6 Å². The lowest BCUT2D eigenvalue weighted by atomic mass is 9.99. The van der Waals surface area contributed by atoms with Crippen molar-refractivity contribution in [1.29, 1.82) is 5.26 Å². The van der Waals surface area contributed by atoms with Crippen molar-refractivity contribution in [3.63, 3.8) is 0 Å². The molecule has 39 heavy (non-hydrogen) atoms. The van der Waals surface area contributed by atoms with Gasteiger partial charge in [0.15, 0.2) is 0 Å². The molecule has 1 aliphatic rings. The van der Waals surface area contributed by atoms with Gasteiger partial charge in [-0.25, -0.2) is 14.5 Å². The van der Waals surface area contributed by atoms with Crippen LogP contribution in [0.25, 0.3) is 28.0 Å². The Hall–Kier alpha value is -5.04. The van der Waals surface area contributed by atoms with Crippen LogP contribution in [0, 0.1) is 11.3 Å². The van der Waals surface area contributed by atoms with Gasteiger partial charge in [-0.2, -0.15) is 15.5 Å². The van der Waals surface area contributed by atoms with Crippen molar-refractivity contribution in [2.24, 2.45) is 7.05 Å². The van der Waals surface area contributed by atoms with Crippen LogP contribution in [0.15, 0.2) is 73.4 Å². The van der Waals surface area contributed by atoms with E-state index in [-0.39, 0.29) is 11.8 Å². The number of hydrogen-bond acceptors (Lipinski definition) is 7. The molecule has 0 unspecified atom stereocenters. The topological polar surface area (TPSA) is 108 Å². The first-order valence-corrected chi connectivity index (χ1v) is 12.8. The first-order valence-electron chi connectivity index (χ1n) is 12.8. The number of nitriles is 1. The van der Waals surface area contributed by atoms with Crippen LogP contribution in [0.1, 0.15) is 24.0 Å². The maximum atomic E-state index is 13.1. The lowest BCUT2D eigenvalue weighted by molar-refractivity contribution is -0.132. The molecule has 0 aliphatic carbocycles. The highest BCUT2D eigenvalue weighted by atomic mass is 16.2. The van der Waals surface area contributed by atoms with E-state index in [1.165, 1.54) is 0 Å². The van der Waals surface area contributed by atoms with Crippen molar-refractivity contribution in [1.82, 2.24) is 34.3 Å². The summed E-state index contributed by atoms with van der Waals surface area (Å²) in [5, 5.41) is 18.3. The number of benzene rings is 1. The number of piperazine rings is 1. The van der Waals surface area contributed by atoms with Gasteiger partial charge in [0.1, 0.15) is 23.0 Å². The summed E-state index contributed by atoms with van der Waals surface area (Å²) in [7, 11) is 1.85. The van der Waals surface area contributed by atoms with Gasteiger partial charge in [0, 0.05) is 56.7 Å². The van der Waals surface area contributed by atoms with Crippen LogP contribution in [-0.4, -0.2) is 66.3 Å². The predicted octanol–water partition coefficient (Wildman–Crippen LogP) is 3.52. The van der Waals surface area contributed by atoms with E-state index in [2.05, 4.69) is 21.2 Å². The van der Waals surface area contributed by atoms with Gasteiger partial charge in [0.2, 0.25) is 5.91 Å². The average Bonchev–Trinajstić information content (AvgIpc) is 3.62. The molecule has 10 heteroatoms. The summed E-state index contributed by atoms with van der Waals surface area (Å²) in [6.07, 6.45) is 8.78. The highest BCUT2D eigenvalue weighted by molar-refractivity contribution is 5.84. The SMILES string of the molecule is C[C@H](C(=O)N1CCN(c2ccc(-c3nc(-c4cnn(C)c4)cn4ncc(C#N)c34)cn2)CC1)c1ccccc1. The third-order valence-corrected chi connectivity index (χ3v) is 7.22. The lowest BCUT2D eigenvalue weighted by Gasteiger charge is -2.36. The van der Waals surface area contributed by atoms with Gasteiger partial charge >= 0.3 is 0 Å². The number of pyridine rings is 1. The summed E-state index contributed by atoms with van der Waals surface area (Å²) in [5.41, 5.74) is 5.10. The van der Waals surface area contributed by atoms with Crippen molar-refractivity contribution in [2.45, 2.75) is 12.8 Å². The minimum absolute atomic E-state index is 0.154. The van der Waals surface area contributed by atoms with Crippen LogP contribution in [0.4, 0.5) is 5.82 Å². The van der Waals surface area contributed by atoms with E-state index in [0.717, 1.165) is 22.5 Å². The van der Waals surface area contributed by atoms with Gasteiger partial charge in [-0.1, -0.05) is 30.3 Å². The fraction of sp³-hybridized carbons (Fsp3) is 0.241. The first-order chi connectivity index (χ1) is 19.0. The molecule has 5 aromatic rings. The highest BCUT2D eigenvalue weighted by Gasteiger charge is 2.26. The van der Waals surface area contributed by atoms with Crippen molar-refractivity contribution < 1.29 is 4.79 Å². The van der Waals surface area contributed by atoms with Gasteiger partial charge < -0.3 is 9.80 Å². The summed E-state index contributed by atoms with van der Waals surface area (Å²) in [6, 6.07) is 16.1. The zero-order valence-electron chi connectivity index (χ0n) is 21.8. The number of rotatable bonds is 5. The quantitative estimate of drug-likeness (QED) is 0.351. The molecule has 0 spiro atoms. The number of carbonyl (C=O) groups excluding carboxylic acids is 1. The molecule has 1 saturated heterocycles. The Morgan fingerprint density at radius 3 is 2.41 bits per heavy atom. The molecule has 1 atom stereocenters. The van der Waals surface area contributed by atoms with Crippen LogP contribution >= 0.6 is 0 Å². The lowest BCUT2D eigenvalue weighted by Crippen LogP contribution is -2.50. The molecular formula is C29H27N9O. The van der Waals surface area contributed by atoms with Crippen molar-refractivity contribution in [3.8, 4) is 28.6 Å². The van der Waals surface area contributed by atoms with Crippen LogP contribution in [-0.2, 0) is 11.8 Å². The molecule has 1 amide bonds. The molecule has 1 aliphatic heterocycles. The molecule has 0 bridgehead atoms. The second kappa shape index (κ2) is 10.0. The summed E-state index contributed by atoms with van der Waals surface area (Å²) < 4.78 is 3.40. The first kappa shape index (κ1) is 24.3. The third kappa shape index (κ3) is 4.59. The normalized spacial score (nSPS) is 14.4. The number of nitrogens with zero attached hydrogens (tertiary/aromatic N) is 9. The second-order valence-corrected chi connectivity index (χ2v) is 9.69.